The van der Waals surface area contributed by atoms with Crippen LogP contribution in [0, 0.1) is 11.8 Å². The van der Waals surface area contributed by atoms with Crippen molar-refractivity contribution in [3.8, 4) is 23.2 Å². The number of pyridine rings is 1. The fourth-order valence-electron chi connectivity index (χ4n) is 2.90. The summed E-state index contributed by atoms with van der Waals surface area (Å²) in [5.74, 6) is 7.28. The number of imidazole rings is 1. The summed E-state index contributed by atoms with van der Waals surface area (Å²) < 4.78 is 1.86. The standard InChI is InChI=1S/C21H18N6O/c1-2-27-11-10-24-21(27)17(28)7-6-14-4-3-5-15(12-14)20-25-13-16-8-9-23-19(22)18(16)26-20/h3-5,8-13,17,28H,2H2,1H3,(H2,22,23)/t17-/m1/s1. The van der Waals surface area contributed by atoms with Gasteiger partial charge in [0.2, 0.25) is 0 Å². The summed E-state index contributed by atoms with van der Waals surface area (Å²) in [4.78, 5) is 17.2. The number of rotatable bonds is 3. The molecule has 0 spiro atoms. The van der Waals surface area contributed by atoms with Gasteiger partial charge in [-0.2, -0.15) is 0 Å². The Bertz CT molecular complexity index is 1200. The molecule has 3 N–H and O–H groups in total. The van der Waals surface area contributed by atoms with E-state index in [0.717, 1.165) is 23.1 Å². The van der Waals surface area contributed by atoms with Crippen molar-refractivity contribution in [1.82, 2.24) is 24.5 Å². The Morgan fingerprint density at radius 2 is 2.07 bits per heavy atom. The first-order chi connectivity index (χ1) is 13.7. The molecular weight excluding hydrogens is 352 g/mol. The zero-order valence-corrected chi connectivity index (χ0v) is 15.2. The molecule has 0 aliphatic carbocycles. The lowest BCUT2D eigenvalue weighted by Gasteiger charge is -2.06. The maximum Gasteiger partial charge on any atom is 0.173 e. The molecule has 0 saturated carbocycles. The van der Waals surface area contributed by atoms with Crippen LogP contribution in [0.4, 0.5) is 5.82 Å². The minimum Gasteiger partial charge on any atom is -0.382 e. The molecule has 0 saturated heterocycles. The zero-order valence-electron chi connectivity index (χ0n) is 15.2. The molecule has 0 bridgehead atoms. The minimum atomic E-state index is -0.957. The van der Waals surface area contributed by atoms with Crippen molar-refractivity contribution < 1.29 is 5.11 Å². The topological polar surface area (TPSA) is 103 Å². The molecule has 3 heterocycles. The number of anilines is 1. The highest BCUT2D eigenvalue weighted by Gasteiger charge is 2.10. The van der Waals surface area contributed by atoms with E-state index in [4.69, 9.17) is 5.73 Å². The van der Waals surface area contributed by atoms with E-state index in [2.05, 4.69) is 31.8 Å². The van der Waals surface area contributed by atoms with Crippen LogP contribution in [0.15, 0.2) is 55.1 Å². The Hall–Kier alpha value is -3.76. The predicted molar refractivity (Wildman–Crippen MR) is 107 cm³/mol. The van der Waals surface area contributed by atoms with Crippen molar-refractivity contribution in [2.45, 2.75) is 19.6 Å². The maximum absolute atomic E-state index is 10.3. The first-order valence-electron chi connectivity index (χ1n) is 8.84. The second kappa shape index (κ2) is 7.47. The summed E-state index contributed by atoms with van der Waals surface area (Å²) in [6.45, 7) is 2.71. The van der Waals surface area contributed by atoms with Gasteiger partial charge in [0, 0.05) is 47.8 Å². The van der Waals surface area contributed by atoms with Gasteiger partial charge >= 0.3 is 0 Å². The highest BCUT2D eigenvalue weighted by atomic mass is 16.3. The van der Waals surface area contributed by atoms with Crippen LogP contribution in [0.5, 0.6) is 0 Å². The smallest absolute Gasteiger partial charge is 0.173 e. The number of aliphatic hydroxyl groups is 1. The maximum atomic E-state index is 10.3. The third-order valence-electron chi connectivity index (χ3n) is 4.33. The number of aryl methyl sites for hydroxylation is 1. The number of aliphatic hydroxyl groups excluding tert-OH is 1. The SMILES string of the molecule is CCn1ccnc1[C@H](O)C#Cc1cccc(-c2ncc3ccnc(N)c3n2)c1. The summed E-state index contributed by atoms with van der Waals surface area (Å²) in [5.41, 5.74) is 8.09. The average molecular weight is 370 g/mol. The summed E-state index contributed by atoms with van der Waals surface area (Å²) in [6, 6.07) is 9.34. The number of nitrogens with two attached hydrogens (primary N) is 1. The largest absolute Gasteiger partial charge is 0.382 e. The molecule has 4 rings (SSSR count). The van der Waals surface area contributed by atoms with Gasteiger partial charge in [0.05, 0.1) is 0 Å². The highest BCUT2D eigenvalue weighted by Crippen LogP contribution is 2.21. The Kier molecular flexibility index (Phi) is 4.70. The Morgan fingerprint density at radius 3 is 2.93 bits per heavy atom. The minimum absolute atomic E-state index is 0.367. The molecule has 0 unspecified atom stereocenters. The molecule has 1 atom stereocenters. The Balaban J connectivity index is 1.65. The summed E-state index contributed by atoms with van der Waals surface area (Å²) in [7, 11) is 0. The zero-order chi connectivity index (χ0) is 19.5. The van der Waals surface area contributed by atoms with Gasteiger partial charge < -0.3 is 15.4 Å². The highest BCUT2D eigenvalue weighted by molar-refractivity contribution is 5.87. The molecular formula is C21H18N6O. The third kappa shape index (κ3) is 3.41. The first-order valence-corrected chi connectivity index (χ1v) is 8.84. The lowest BCUT2D eigenvalue weighted by molar-refractivity contribution is 0.222. The lowest BCUT2D eigenvalue weighted by Crippen LogP contribution is -2.05. The van der Waals surface area contributed by atoms with E-state index in [0.29, 0.717) is 23.0 Å². The number of nitrogens with zero attached hydrogens (tertiary/aromatic N) is 5. The second-order valence-corrected chi connectivity index (χ2v) is 6.15. The van der Waals surface area contributed by atoms with Crippen LogP contribution in [0.25, 0.3) is 22.3 Å². The number of fused-ring (bicyclic) bond motifs is 1. The van der Waals surface area contributed by atoms with Crippen molar-refractivity contribution in [2.24, 2.45) is 0 Å². The van der Waals surface area contributed by atoms with Crippen molar-refractivity contribution in [2.75, 3.05) is 5.73 Å². The molecule has 0 aliphatic heterocycles. The normalized spacial score (nSPS) is 11.8. The van der Waals surface area contributed by atoms with Crippen LogP contribution in [0.1, 0.15) is 24.4 Å². The van der Waals surface area contributed by atoms with E-state index >= 15 is 0 Å². The number of benzene rings is 1. The van der Waals surface area contributed by atoms with Crippen LogP contribution in [-0.2, 0) is 6.54 Å². The van der Waals surface area contributed by atoms with Crippen LogP contribution in [0.2, 0.25) is 0 Å². The van der Waals surface area contributed by atoms with Gasteiger partial charge in [0.25, 0.3) is 0 Å². The molecule has 0 radical (unpaired) electrons. The van der Waals surface area contributed by atoms with Gasteiger partial charge in [-0.1, -0.05) is 24.0 Å². The number of nitrogen functional groups attached to an aromatic ring is 1. The molecule has 7 nitrogen and oxygen atoms in total. The molecule has 0 amide bonds. The van der Waals surface area contributed by atoms with Gasteiger partial charge in [-0.25, -0.2) is 19.9 Å². The molecule has 4 aromatic rings. The monoisotopic (exact) mass is 370 g/mol. The predicted octanol–water partition coefficient (Wildman–Crippen LogP) is 2.58. The summed E-state index contributed by atoms with van der Waals surface area (Å²) >= 11 is 0. The number of aromatic nitrogens is 5. The van der Waals surface area contributed by atoms with Crippen molar-refractivity contribution in [3.05, 3.63) is 66.5 Å². The first kappa shape index (κ1) is 17.6. The van der Waals surface area contributed by atoms with Gasteiger partial charge in [-0.05, 0) is 25.1 Å². The molecule has 138 valence electrons. The molecule has 0 aliphatic rings. The number of hydrogen-bond donors (Lipinski definition) is 2. The molecule has 28 heavy (non-hydrogen) atoms. The quantitative estimate of drug-likeness (QED) is 0.537. The number of hydrogen-bond acceptors (Lipinski definition) is 6. The molecule has 0 fully saturated rings. The second-order valence-electron chi connectivity index (χ2n) is 6.15. The summed E-state index contributed by atoms with van der Waals surface area (Å²) in [5, 5.41) is 11.2. The summed E-state index contributed by atoms with van der Waals surface area (Å²) in [6.07, 6.45) is 5.87. The Morgan fingerprint density at radius 1 is 1.18 bits per heavy atom. The van der Waals surface area contributed by atoms with Crippen LogP contribution < -0.4 is 5.73 Å². The van der Waals surface area contributed by atoms with Crippen LogP contribution >= 0.6 is 0 Å². The molecule has 3 aromatic heterocycles. The van der Waals surface area contributed by atoms with Gasteiger partial charge in [0.1, 0.15) is 17.2 Å². The van der Waals surface area contributed by atoms with Crippen molar-refractivity contribution in [1.29, 1.82) is 0 Å². The Labute approximate surface area is 161 Å². The van der Waals surface area contributed by atoms with E-state index in [-0.39, 0.29) is 0 Å². The van der Waals surface area contributed by atoms with Crippen LogP contribution in [-0.4, -0.2) is 29.6 Å². The fraction of sp³-hybridized carbons (Fsp3) is 0.143. The van der Waals surface area contributed by atoms with Gasteiger partial charge in [-0.3, -0.25) is 0 Å². The fourth-order valence-corrected chi connectivity index (χ4v) is 2.90. The van der Waals surface area contributed by atoms with Crippen molar-refractivity contribution in [3.63, 3.8) is 0 Å². The van der Waals surface area contributed by atoms with E-state index in [9.17, 15) is 5.11 Å². The van der Waals surface area contributed by atoms with Crippen LogP contribution in [0.3, 0.4) is 0 Å². The van der Waals surface area contributed by atoms with E-state index in [1.165, 1.54) is 0 Å². The van der Waals surface area contributed by atoms with E-state index in [1.54, 1.807) is 18.6 Å². The van der Waals surface area contributed by atoms with E-state index in [1.807, 2.05) is 48.0 Å². The third-order valence-corrected chi connectivity index (χ3v) is 4.33. The lowest BCUT2D eigenvalue weighted by atomic mass is 10.1. The van der Waals surface area contributed by atoms with E-state index < -0.39 is 6.10 Å². The average Bonchev–Trinajstić information content (AvgIpc) is 3.21. The molecule has 1 aromatic carbocycles. The van der Waals surface area contributed by atoms with Gasteiger partial charge in [-0.15, -0.1) is 0 Å². The van der Waals surface area contributed by atoms with Crippen molar-refractivity contribution >= 4 is 16.7 Å². The van der Waals surface area contributed by atoms with Gasteiger partial charge in [0.15, 0.2) is 11.9 Å². The molecule has 7 heteroatoms.